The number of methoxy groups -OCH3 is 1. The molecule has 2 N–H and O–H groups in total. The van der Waals surface area contributed by atoms with E-state index in [1.165, 1.54) is 17.0 Å². The quantitative estimate of drug-likeness (QED) is 0.262. The maximum absolute atomic E-state index is 15.4. The molecule has 0 atom stereocenters. The van der Waals surface area contributed by atoms with Crippen molar-refractivity contribution in [2.75, 3.05) is 45.3 Å². The van der Waals surface area contributed by atoms with Crippen LogP contribution in [0, 0.1) is 11.7 Å². The van der Waals surface area contributed by atoms with E-state index in [4.69, 9.17) is 19.9 Å². The zero-order chi connectivity index (χ0) is 30.3. The number of benzene rings is 3. The number of carbonyl (C=O) groups excluding carboxylic acids is 2. The molecular weight excluding hydrogens is 551 g/mol. The summed E-state index contributed by atoms with van der Waals surface area (Å²) in [6, 6.07) is 18.7. The van der Waals surface area contributed by atoms with Gasteiger partial charge in [-0.2, -0.15) is 0 Å². The first-order chi connectivity index (χ1) is 20.8. The van der Waals surface area contributed by atoms with Crippen LogP contribution in [0.5, 0.6) is 23.0 Å². The number of likely N-dealkylation sites (tertiary alicyclic amines) is 1. The Bertz CT molecular complexity index is 1590. The zero-order valence-corrected chi connectivity index (χ0v) is 24.3. The van der Waals surface area contributed by atoms with Crippen molar-refractivity contribution in [1.29, 1.82) is 0 Å². The third-order valence-electron chi connectivity index (χ3n) is 7.67. The van der Waals surface area contributed by atoms with Gasteiger partial charge in [-0.1, -0.05) is 30.3 Å². The van der Waals surface area contributed by atoms with Gasteiger partial charge in [0, 0.05) is 35.9 Å². The predicted molar refractivity (Wildman–Crippen MR) is 162 cm³/mol. The highest BCUT2D eigenvalue weighted by Gasteiger charge is 2.23. The highest BCUT2D eigenvalue weighted by molar-refractivity contribution is 6.39. The summed E-state index contributed by atoms with van der Waals surface area (Å²) in [4.78, 5) is 32.3. The summed E-state index contributed by atoms with van der Waals surface area (Å²) in [5.74, 6) is -0.881. The third-order valence-corrected chi connectivity index (χ3v) is 7.67. The summed E-state index contributed by atoms with van der Waals surface area (Å²) in [7, 11) is 3.69. The van der Waals surface area contributed by atoms with E-state index in [0.29, 0.717) is 47.1 Å². The van der Waals surface area contributed by atoms with Crippen LogP contribution in [-0.2, 0) is 16.0 Å². The molecule has 0 bridgehead atoms. The van der Waals surface area contributed by atoms with Gasteiger partial charge in [-0.15, -0.1) is 0 Å². The first-order valence-electron chi connectivity index (χ1n) is 14.2. The van der Waals surface area contributed by atoms with Crippen molar-refractivity contribution in [3.8, 4) is 23.0 Å². The monoisotopic (exact) mass is 586 g/mol. The molecule has 1 aromatic heterocycles. The number of carbonyl (C=O) groups is 2. The molecule has 5 rings (SSSR count). The minimum absolute atomic E-state index is 0.0626. The van der Waals surface area contributed by atoms with E-state index in [1.807, 2.05) is 30.3 Å². The number of anilines is 1. The number of pyridine rings is 1. The number of aromatic nitrogens is 1. The Morgan fingerprint density at radius 3 is 2.47 bits per heavy atom. The molecule has 1 fully saturated rings. The average molecular weight is 587 g/mol. The smallest absolute Gasteiger partial charge is 0.316 e. The predicted octanol–water partition coefficient (Wildman–Crippen LogP) is 4.96. The number of ether oxygens (including phenoxy) is 3. The normalized spacial score (nSPS) is 13.9. The van der Waals surface area contributed by atoms with Crippen molar-refractivity contribution in [1.82, 2.24) is 9.88 Å². The van der Waals surface area contributed by atoms with Crippen molar-refractivity contribution in [3.63, 3.8) is 0 Å². The maximum atomic E-state index is 15.4. The SMILES string of the molecule is COc1cc2c(Oc3ccc(N(CCc4ccccc4)C(=O)C(N)=O)cc3F)ccnc2cc1OCC1CCN(C)CC1. The van der Waals surface area contributed by atoms with E-state index in [-0.39, 0.29) is 18.0 Å². The summed E-state index contributed by atoms with van der Waals surface area (Å²) >= 11 is 0. The number of piperidine rings is 1. The highest BCUT2D eigenvalue weighted by atomic mass is 19.1. The number of nitrogens with zero attached hydrogens (tertiary/aromatic N) is 3. The fraction of sp³-hybridized carbons (Fsp3) is 0.303. The van der Waals surface area contributed by atoms with Crippen LogP contribution in [0.1, 0.15) is 18.4 Å². The number of nitrogens with two attached hydrogens (primary N) is 1. The van der Waals surface area contributed by atoms with Gasteiger partial charge in [0.25, 0.3) is 0 Å². The highest BCUT2D eigenvalue weighted by Crippen LogP contribution is 2.38. The molecule has 0 radical (unpaired) electrons. The standard InChI is InChI=1S/C33H35FN4O5/c1-37-15-11-23(12-16-37)21-42-31-20-27-25(19-30(31)41-2)28(10-14-36-27)43-29-9-8-24(18-26(29)34)38(33(40)32(35)39)17-13-22-6-4-3-5-7-22/h3-10,14,18-20,23H,11-13,15-17,21H2,1-2H3,(H2,35,39). The number of fused-ring (bicyclic) bond motifs is 1. The van der Waals surface area contributed by atoms with E-state index in [0.717, 1.165) is 37.6 Å². The minimum atomic E-state index is -1.12. The Kier molecular flexibility index (Phi) is 9.36. The van der Waals surface area contributed by atoms with Gasteiger partial charge in [0.2, 0.25) is 0 Å². The lowest BCUT2D eigenvalue weighted by atomic mass is 9.98. The van der Waals surface area contributed by atoms with Gasteiger partial charge in [-0.3, -0.25) is 14.6 Å². The zero-order valence-electron chi connectivity index (χ0n) is 24.3. The van der Waals surface area contributed by atoms with Crippen LogP contribution >= 0.6 is 0 Å². The van der Waals surface area contributed by atoms with Crippen molar-refractivity contribution >= 4 is 28.4 Å². The van der Waals surface area contributed by atoms with Crippen LogP contribution in [0.2, 0.25) is 0 Å². The Morgan fingerprint density at radius 1 is 1.00 bits per heavy atom. The number of amides is 2. The molecule has 43 heavy (non-hydrogen) atoms. The Morgan fingerprint density at radius 2 is 1.77 bits per heavy atom. The summed E-state index contributed by atoms with van der Waals surface area (Å²) in [6.45, 7) is 2.83. The molecule has 4 aromatic rings. The van der Waals surface area contributed by atoms with E-state index < -0.39 is 17.6 Å². The molecule has 9 nitrogen and oxygen atoms in total. The number of hydrogen-bond acceptors (Lipinski definition) is 7. The number of primary amides is 1. The van der Waals surface area contributed by atoms with Crippen LogP contribution < -0.4 is 24.8 Å². The lowest BCUT2D eigenvalue weighted by Crippen LogP contribution is -2.41. The minimum Gasteiger partial charge on any atom is -0.493 e. The number of hydrogen-bond donors (Lipinski definition) is 1. The first-order valence-corrected chi connectivity index (χ1v) is 14.2. The second-order valence-corrected chi connectivity index (χ2v) is 10.7. The number of halogens is 1. The molecule has 1 aliphatic heterocycles. The molecule has 2 amide bonds. The average Bonchev–Trinajstić information content (AvgIpc) is 3.02. The van der Waals surface area contributed by atoms with Gasteiger partial charge in [-0.25, -0.2) is 4.39 Å². The Hall–Kier alpha value is -4.70. The van der Waals surface area contributed by atoms with Gasteiger partial charge in [0.05, 0.1) is 19.2 Å². The third kappa shape index (κ3) is 7.21. The molecule has 0 aliphatic carbocycles. The molecule has 224 valence electrons. The van der Waals surface area contributed by atoms with Gasteiger partial charge < -0.3 is 29.7 Å². The first kappa shape index (κ1) is 29.8. The van der Waals surface area contributed by atoms with Crippen LogP contribution in [0.3, 0.4) is 0 Å². The van der Waals surface area contributed by atoms with E-state index in [1.54, 1.807) is 31.5 Å². The summed E-state index contributed by atoms with van der Waals surface area (Å²) < 4.78 is 33.2. The Balaban J connectivity index is 1.35. The van der Waals surface area contributed by atoms with E-state index in [2.05, 4.69) is 16.9 Å². The molecule has 3 aromatic carbocycles. The van der Waals surface area contributed by atoms with Crippen LogP contribution in [0.25, 0.3) is 10.9 Å². The molecule has 2 heterocycles. The summed E-state index contributed by atoms with van der Waals surface area (Å²) in [6.07, 6.45) is 4.19. The van der Waals surface area contributed by atoms with Gasteiger partial charge in [0.1, 0.15) is 5.75 Å². The maximum Gasteiger partial charge on any atom is 0.316 e. The molecule has 1 saturated heterocycles. The molecule has 0 spiro atoms. The van der Waals surface area contributed by atoms with Gasteiger partial charge in [0.15, 0.2) is 23.1 Å². The topological polar surface area (TPSA) is 107 Å². The molecule has 0 saturated carbocycles. The second-order valence-electron chi connectivity index (χ2n) is 10.7. The van der Waals surface area contributed by atoms with E-state index in [9.17, 15) is 9.59 Å². The van der Waals surface area contributed by atoms with Gasteiger partial charge >= 0.3 is 11.8 Å². The lowest BCUT2D eigenvalue weighted by molar-refractivity contribution is -0.135. The number of rotatable bonds is 10. The molecule has 0 unspecified atom stereocenters. The fourth-order valence-electron chi connectivity index (χ4n) is 5.15. The summed E-state index contributed by atoms with van der Waals surface area (Å²) in [5, 5.41) is 0.614. The van der Waals surface area contributed by atoms with Crippen molar-refractivity contribution in [2.45, 2.75) is 19.3 Å². The van der Waals surface area contributed by atoms with Crippen LogP contribution in [0.15, 0.2) is 72.9 Å². The summed E-state index contributed by atoms with van der Waals surface area (Å²) in [5.41, 5.74) is 7.04. The van der Waals surface area contributed by atoms with Crippen LogP contribution in [0.4, 0.5) is 10.1 Å². The molecular formula is C33H35FN4O5. The lowest BCUT2D eigenvalue weighted by Gasteiger charge is -2.28. The molecule has 10 heteroatoms. The molecule has 1 aliphatic rings. The second kappa shape index (κ2) is 13.5. The Labute approximate surface area is 250 Å². The largest absolute Gasteiger partial charge is 0.493 e. The van der Waals surface area contributed by atoms with Gasteiger partial charge in [-0.05, 0) is 75.1 Å². The van der Waals surface area contributed by atoms with Crippen LogP contribution in [-0.4, -0.2) is 62.1 Å². The van der Waals surface area contributed by atoms with E-state index >= 15 is 4.39 Å². The van der Waals surface area contributed by atoms with Crippen molar-refractivity contribution in [2.24, 2.45) is 11.7 Å². The van der Waals surface area contributed by atoms with Crippen molar-refractivity contribution in [3.05, 3.63) is 84.3 Å². The van der Waals surface area contributed by atoms with Crippen molar-refractivity contribution < 1.29 is 28.2 Å². The fourth-order valence-corrected chi connectivity index (χ4v) is 5.15.